The van der Waals surface area contributed by atoms with Crippen LogP contribution in [0.5, 0.6) is 0 Å². The van der Waals surface area contributed by atoms with Crippen LogP contribution in [0.4, 0.5) is 0 Å². The monoisotopic (exact) mass is 223 g/mol. The fraction of sp³-hybridized carbons (Fsp3) is 0.923. The molecule has 3 rings (SSSR count). The van der Waals surface area contributed by atoms with Crippen molar-refractivity contribution in [2.45, 2.75) is 38.5 Å². The minimum Gasteiger partial charge on any atom is -0.396 e. The number of hydrogen-bond acceptors (Lipinski definition) is 2. The van der Waals surface area contributed by atoms with E-state index in [1.165, 1.54) is 19.3 Å². The van der Waals surface area contributed by atoms with Gasteiger partial charge in [0.15, 0.2) is 0 Å². The van der Waals surface area contributed by atoms with Crippen LogP contribution in [-0.2, 0) is 4.79 Å². The summed E-state index contributed by atoms with van der Waals surface area (Å²) in [5.41, 5.74) is 0.256. The van der Waals surface area contributed by atoms with Gasteiger partial charge in [0.2, 0.25) is 5.91 Å². The summed E-state index contributed by atoms with van der Waals surface area (Å²) in [6, 6.07) is 0. The van der Waals surface area contributed by atoms with E-state index < -0.39 is 0 Å². The number of carbonyl (C=O) groups excluding carboxylic acids is 1. The molecule has 0 aromatic carbocycles. The largest absolute Gasteiger partial charge is 0.396 e. The Bertz CT molecular complexity index is 288. The van der Waals surface area contributed by atoms with Crippen LogP contribution in [0, 0.1) is 23.2 Å². The van der Waals surface area contributed by atoms with Crippen LogP contribution in [0.15, 0.2) is 0 Å². The third-order valence-electron chi connectivity index (χ3n) is 4.85. The summed E-state index contributed by atoms with van der Waals surface area (Å²) in [4.78, 5) is 11.9. The second-order valence-corrected chi connectivity index (χ2v) is 6.12. The van der Waals surface area contributed by atoms with E-state index in [9.17, 15) is 4.79 Å². The summed E-state index contributed by atoms with van der Waals surface area (Å²) in [5.74, 6) is 2.33. The number of aliphatic hydroxyl groups is 1. The first-order chi connectivity index (χ1) is 7.72. The summed E-state index contributed by atoms with van der Waals surface area (Å²) in [6.07, 6.45) is 6.82. The zero-order chi connectivity index (χ0) is 11.2. The van der Waals surface area contributed by atoms with Crippen molar-refractivity contribution in [2.24, 2.45) is 23.2 Å². The van der Waals surface area contributed by atoms with Crippen molar-refractivity contribution in [3.05, 3.63) is 0 Å². The molecule has 0 aromatic rings. The predicted octanol–water partition coefficient (Wildman–Crippen LogP) is 1.31. The number of aliphatic hydroxyl groups excluding tert-OH is 1. The van der Waals surface area contributed by atoms with Gasteiger partial charge >= 0.3 is 0 Å². The van der Waals surface area contributed by atoms with Crippen LogP contribution in [0.1, 0.15) is 38.5 Å². The topological polar surface area (TPSA) is 49.3 Å². The Morgan fingerprint density at radius 1 is 1.25 bits per heavy atom. The fourth-order valence-corrected chi connectivity index (χ4v) is 3.28. The number of fused-ring (bicyclic) bond motifs is 1. The quantitative estimate of drug-likeness (QED) is 0.738. The molecule has 2 N–H and O–H groups in total. The Morgan fingerprint density at radius 3 is 2.50 bits per heavy atom. The molecule has 3 fully saturated rings. The van der Waals surface area contributed by atoms with E-state index in [1.54, 1.807) is 0 Å². The van der Waals surface area contributed by atoms with Crippen molar-refractivity contribution < 1.29 is 9.90 Å². The SMILES string of the molecule is O=C(NCC1(CCO)CC1)C1CC2CC2C1. The summed E-state index contributed by atoms with van der Waals surface area (Å²) in [7, 11) is 0. The zero-order valence-corrected chi connectivity index (χ0v) is 9.74. The van der Waals surface area contributed by atoms with Crippen molar-refractivity contribution in [3.63, 3.8) is 0 Å². The Kier molecular flexibility index (Phi) is 2.46. The van der Waals surface area contributed by atoms with E-state index in [-0.39, 0.29) is 17.9 Å². The molecule has 0 heterocycles. The molecular weight excluding hydrogens is 202 g/mol. The molecule has 3 nitrogen and oxygen atoms in total. The highest BCUT2D eigenvalue weighted by atomic mass is 16.3. The summed E-state index contributed by atoms with van der Waals surface area (Å²) >= 11 is 0. The third kappa shape index (κ3) is 1.97. The highest BCUT2D eigenvalue weighted by Gasteiger charge is 2.48. The van der Waals surface area contributed by atoms with Gasteiger partial charge in [0.25, 0.3) is 0 Å². The summed E-state index contributed by atoms with van der Waals surface area (Å²) < 4.78 is 0. The lowest BCUT2D eigenvalue weighted by Gasteiger charge is -2.17. The third-order valence-corrected chi connectivity index (χ3v) is 4.85. The molecule has 0 aliphatic heterocycles. The second kappa shape index (κ2) is 3.73. The Labute approximate surface area is 96.6 Å². The van der Waals surface area contributed by atoms with Gasteiger partial charge in [-0.25, -0.2) is 0 Å². The minimum atomic E-state index is 0.253. The fourth-order valence-electron chi connectivity index (χ4n) is 3.28. The van der Waals surface area contributed by atoms with Gasteiger partial charge in [-0.15, -0.1) is 0 Å². The average Bonchev–Trinajstić information content (AvgIpc) is 3.18. The lowest BCUT2D eigenvalue weighted by Crippen LogP contribution is -2.35. The zero-order valence-electron chi connectivity index (χ0n) is 9.74. The maximum Gasteiger partial charge on any atom is 0.223 e. The normalized spacial score (nSPS) is 37.9. The van der Waals surface area contributed by atoms with Crippen LogP contribution in [0.25, 0.3) is 0 Å². The van der Waals surface area contributed by atoms with Crippen molar-refractivity contribution in [1.82, 2.24) is 5.32 Å². The molecular formula is C13H21NO2. The molecule has 0 radical (unpaired) electrons. The lowest BCUT2D eigenvalue weighted by molar-refractivity contribution is -0.125. The number of carbonyl (C=O) groups is 1. The summed E-state index contributed by atoms with van der Waals surface area (Å²) in [5, 5.41) is 12.0. The van der Waals surface area contributed by atoms with E-state index in [1.807, 2.05) is 0 Å². The van der Waals surface area contributed by atoms with E-state index >= 15 is 0 Å². The average molecular weight is 223 g/mol. The van der Waals surface area contributed by atoms with Crippen molar-refractivity contribution >= 4 is 5.91 Å². The van der Waals surface area contributed by atoms with Crippen LogP contribution < -0.4 is 5.32 Å². The molecule has 90 valence electrons. The second-order valence-electron chi connectivity index (χ2n) is 6.12. The molecule has 3 aliphatic rings. The molecule has 1 amide bonds. The van der Waals surface area contributed by atoms with Crippen molar-refractivity contribution in [3.8, 4) is 0 Å². The lowest BCUT2D eigenvalue weighted by atomic mass is 10.0. The molecule has 0 saturated heterocycles. The Balaban J connectivity index is 1.43. The van der Waals surface area contributed by atoms with Gasteiger partial charge in [-0.2, -0.15) is 0 Å². The highest BCUT2D eigenvalue weighted by Crippen LogP contribution is 2.54. The number of rotatable bonds is 5. The molecule has 2 atom stereocenters. The van der Waals surface area contributed by atoms with Gasteiger partial charge in [0.1, 0.15) is 0 Å². The highest BCUT2D eigenvalue weighted by molar-refractivity contribution is 5.79. The Morgan fingerprint density at radius 2 is 1.94 bits per heavy atom. The van der Waals surface area contributed by atoms with Crippen LogP contribution >= 0.6 is 0 Å². The van der Waals surface area contributed by atoms with E-state index in [0.29, 0.717) is 5.92 Å². The van der Waals surface area contributed by atoms with Gasteiger partial charge in [-0.05, 0) is 55.8 Å². The first kappa shape index (κ1) is 10.6. The van der Waals surface area contributed by atoms with Gasteiger partial charge in [-0.3, -0.25) is 4.79 Å². The van der Waals surface area contributed by atoms with Crippen LogP contribution in [0.2, 0.25) is 0 Å². The standard InChI is InChI=1S/C13H21NO2/c15-4-3-13(1-2-13)8-14-12(16)11-6-9-5-10(9)7-11/h9-11,15H,1-8H2,(H,14,16). The van der Waals surface area contributed by atoms with Gasteiger partial charge in [-0.1, -0.05) is 0 Å². The molecule has 0 aromatic heterocycles. The van der Waals surface area contributed by atoms with Crippen LogP contribution in [-0.4, -0.2) is 24.2 Å². The minimum absolute atomic E-state index is 0.253. The van der Waals surface area contributed by atoms with E-state index in [0.717, 1.165) is 37.6 Å². The number of nitrogens with one attached hydrogen (secondary N) is 1. The van der Waals surface area contributed by atoms with Gasteiger partial charge in [0, 0.05) is 19.1 Å². The van der Waals surface area contributed by atoms with E-state index in [2.05, 4.69) is 5.32 Å². The predicted molar refractivity (Wildman–Crippen MR) is 60.7 cm³/mol. The van der Waals surface area contributed by atoms with E-state index in [4.69, 9.17) is 5.11 Å². The number of hydrogen-bond donors (Lipinski definition) is 2. The number of amides is 1. The first-order valence-electron chi connectivity index (χ1n) is 6.61. The maximum atomic E-state index is 11.9. The molecule has 0 bridgehead atoms. The van der Waals surface area contributed by atoms with Crippen molar-refractivity contribution in [2.75, 3.05) is 13.2 Å². The van der Waals surface area contributed by atoms with Gasteiger partial charge < -0.3 is 10.4 Å². The molecule has 3 heteroatoms. The summed E-state index contributed by atoms with van der Waals surface area (Å²) in [6.45, 7) is 1.04. The maximum absolute atomic E-state index is 11.9. The van der Waals surface area contributed by atoms with Crippen LogP contribution in [0.3, 0.4) is 0 Å². The van der Waals surface area contributed by atoms with Crippen molar-refractivity contribution in [1.29, 1.82) is 0 Å². The molecule has 3 saturated carbocycles. The van der Waals surface area contributed by atoms with Gasteiger partial charge in [0.05, 0.1) is 0 Å². The smallest absolute Gasteiger partial charge is 0.223 e. The Hall–Kier alpha value is -0.570. The molecule has 2 unspecified atom stereocenters. The molecule has 16 heavy (non-hydrogen) atoms. The first-order valence-corrected chi connectivity index (χ1v) is 6.61. The molecule has 3 aliphatic carbocycles. The molecule has 0 spiro atoms.